The topological polar surface area (TPSA) is 95.6 Å². The zero-order valence-corrected chi connectivity index (χ0v) is 10.1. The number of benzene rings is 1. The van der Waals surface area contributed by atoms with E-state index in [9.17, 15) is 15.0 Å². The molecule has 0 aliphatic rings. The average Bonchev–Trinajstić information content (AvgIpc) is 2.28. The molecule has 1 atom stereocenters. The van der Waals surface area contributed by atoms with Crippen LogP contribution in [0.4, 0.5) is 0 Å². The predicted molar refractivity (Wildman–Crippen MR) is 68.1 cm³/mol. The van der Waals surface area contributed by atoms with Crippen LogP contribution in [0, 0.1) is 5.92 Å². The number of nitrogens with two attached hydrogens (primary N) is 1. The van der Waals surface area contributed by atoms with E-state index in [1.165, 1.54) is 18.2 Å². The molecule has 1 rings (SSSR count). The molecule has 1 aromatic rings. The molecule has 0 spiro atoms. The van der Waals surface area contributed by atoms with Gasteiger partial charge in [0.25, 0.3) is 5.91 Å². The van der Waals surface area contributed by atoms with E-state index in [2.05, 4.69) is 5.32 Å². The van der Waals surface area contributed by atoms with Crippen LogP contribution in [-0.4, -0.2) is 27.7 Å². The third-order valence-corrected chi connectivity index (χ3v) is 2.68. The number of hydrogen-bond acceptors (Lipinski definition) is 4. The Bertz CT molecular complexity index is 448. The molecule has 92 valence electrons. The summed E-state index contributed by atoms with van der Waals surface area (Å²) in [4.78, 5) is 12.0. The number of phenols is 2. The van der Waals surface area contributed by atoms with Gasteiger partial charge in [0, 0.05) is 12.5 Å². The van der Waals surface area contributed by atoms with Crippen LogP contribution in [0.25, 0.3) is 0 Å². The molecule has 17 heavy (non-hydrogen) atoms. The number of amides is 1. The van der Waals surface area contributed by atoms with Crippen LogP contribution in [0.1, 0.15) is 17.3 Å². The Morgan fingerprint density at radius 1 is 1.53 bits per heavy atom. The normalized spacial score (nSPS) is 11.8. The summed E-state index contributed by atoms with van der Waals surface area (Å²) >= 11 is 4.77. The van der Waals surface area contributed by atoms with Gasteiger partial charge in [-0.15, -0.1) is 0 Å². The molecule has 1 aromatic carbocycles. The third-order valence-electron chi connectivity index (χ3n) is 2.28. The van der Waals surface area contributed by atoms with Gasteiger partial charge in [-0.3, -0.25) is 4.79 Å². The first-order valence-electron chi connectivity index (χ1n) is 5.01. The minimum atomic E-state index is -0.485. The SMILES string of the molecule is CC(CNC(=O)c1cc(O)ccc1O)C(N)=S. The van der Waals surface area contributed by atoms with Gasteiger partial charge >= 0.3 is 0 Å². The molecule has 1 unspecified atom stereocenters. The molecule has 0 aliphatic heterocycles. The summed E-state index contributed by atoms with van der Waals surface area (Å²) in [6.45, 7) is 2.06. The summed E-state index contributed by atoms with van der Waals surface area (Å²) in [6, 6.07) is 3.74. The molecule has 5 N–H and O–H groups in total. The van der Waals surface area contributed by atoms with E-state index in [-0.39, 0.29) is 29.5 Å². The van der Waals surface area contributed by atoms with Crippen molar-refractivity contribution in [3.05, 3.63) is 23.8 Å². The average molecular weight is 254 g/mol. The molecule has 0 heterocycles. The Balaban J connectivity index is 2.70. The molecular weight excluding hydrogens is 240 g/mol. The zero-order chi connectivity index (χ0) is 13.0. The number of aromatic hydroxyl groups is 2. The van der Waals surface area contributed by atoms with Crippen molar-refractivity contribution >= 4 is 23.1 Å². The quantitative estimate of drug-likeness (QED) is 0.470. The fraction of sp³-hybridized carbons (Fsp3) is 0.273. The van der Waals surface area contributed by atoms with Gasteiger partial charge in [0.05, 0.1) is 10.6 Å². The highest BCUT2D eigenvalue weighted by molar-refractivity contribution is 7.80. The predicted octanol–water partition coefficient (Wildman–Crippen LogP) is 0.750. The molecule has 1 amide bonds. The second-order valence-corrected chi connectivity index (χ2v) is 4.19. The minimum Gasteiger partial charge on any atom is -0.508 e. The van der Waals surface area contributed by atoms with Crippen molar-refractivity contribution < 1.29 is 15.0 Å². The lowest BCUT2D eigenvalue weighted by atomic mass is 10.1. The Kier molecular flexibility index (Phi) is 4.28. The zero-order valence-electron chi connectivity index (χ0n) is 9.30. The van der Waals surface area contributed by atoms with E-state index in [4.69, 9.17) is 18.0 Å². The number of nitrogens with one attached hydrogen (secondary N) is 1. The fourth-order valence-corrected chi connectivity index (χ4v) is 1.23. The first kappa shape index (κ1) is 13.2. The van der Waals surface area contributed by atoms with E-state index in [0.29, 0.717) is 4.99 Å². The maximum atomic E-state index is 11.7. The Hall–Kier alpha value is -1.82. The summed E-state index contributed by atoms with van der Waals surface area (Å²) in [6.07, 6.45) is 0. The molecule has 0 radical (unpaired) electrons. The number of carbonyl (C=O) groups is 1. The van der Waals surface area contributed by atoms with Gasteiger partial charge in [-0.25, -0.2) is 0 Å². The molecular formula is C11H14N2O3S. The second kappa shape index (κ2) is 5.49. The fourth-order valence-electron chi connectivity index (χ4n) is 1.15. The third kappa shape index (κ3) is 3.60. The maximum absolute atomic E-state index is 11.7. The van der Waals surface area contributed by atoms with Crippen molar-refractivity contribution in [1.82, 2.24) is 5.32 Å². The van der Waals surface area contributed by atoms with E-state index in [1.807, 2.05) is 0 Å². The number of phenolic OH excluding ortho intramolecular Hbond substituents is 2. The first-order chi connectivity index (χ1) is 7.91. The largest absolute Gasteiger partial charge is 0.508 e. The van der Waals surface area contributed by atoms with E-state index < -0.39 is 5.91 Å². The first-order valence-corrected chi connectivity index (χ1v) is 5.42. The van der Waals surface area contributed by atoms with Crippen LogP contribution in [0.3, 0.4) is 0 Å². The smallest absolute Gasteiger partial charge is 0.255 e. The number of thiocarbonyl (C=S) groups is 1. The van der Waals surface area contributed by atoms with Crippen molar-refractivity contribution in [1.29, 1.82) is 0 Å². The van der Waals surface area contributed by atoms with Crippen molar-refractivity contribution in [3.63, 3.8) is 0 Å². The van der Waals surface area contributed by atoms with Crippen LogP contribution in [-0.2, 0) is 0 Å². The number of carbonyl (C=O) groups excluding carboxylic acids is 1. The van der Waals surface area contributed by atoms with Crippen molar-refractivity contribution in [2.45, 2.75) is 6.92 Å². The summed E-state index contributed by atoms with van der Waals surface area (Å²) in [5.41, 5.74) is 5.42. The molecule has 0 aliphatic carbocycles. The molecule has 0 saturated heterocycles. The lowest BCUT2D eigenvalue weighted by Gasteiger charge is -2.11. The highest BCUT2D eigenvalue weighted by atomic mass is 32.1. The van der Waals surface area contributed by atoms with E-state index in [1.54, 1.807) is 6.92 Å². The van der Waals surface area contributed by atoms with E-state index in [0.717, 1.165) is 0 Å². The number of hydrogen-bond donors (Lipinski definition) is 4. The molecule has 0 bridgehead atoms. The van der Waals surface area contributed by atoms with Crippen LogP contribution in [0.2, 0.25) is 0 Å². The molecule has 0 saturated carbocycles. The Morgan fingerprint density at radius 2 is 2.18 bits per heavy atom. The van der Waals surface area contributed by atoms with Crippen molar-refractivity contribution in [2.24, 2.45) is 11.7 Å². The highest BCUT2D eigenvalue weighted by Gasteiger charge is 2.13. The van der Waals surface area contributed by atoms with Gasteiger partial charge in [-0.05, 0) is 18.2 Å². The second-order valence-electron chi connectivity index (χ2n) is 3.71. The lowest BCUT2D eigenvalue weighted by Crippen LogP contribution is -2.33. The van der Waals surface area contributed by atoms with Crippen LogP contribution < -0.4 is 11.1 Å². The Morgan fingerprint density at radius 3 is 2.76 bits per heavy atom. The van der Waals surface area contributed by atoms with Crippen molar-refractivity contribution in [2.75, 3.05) is 6.54 Å². The van der Waals surface area contributed by atoms with Crippen LogP contribution in [0.5, 0.6) is 11.5 Å². The van der Waals surface area contributed by atoms with Gasteiger partial charge in [0.2, 0.25) is 0 Å². The Labute approximate surface area is 104 Å². The van der Waals surface area contributed by atoms with Gasteiger partial charge in [-0.2, -0.15) is 0 Å². The summed E-state index contributed by atoms with van der Waals surface area (Å²) in [5, 5.41) is 21.2. The standard InChI is InChI=1S/C11H14N2O3S/c1-6(10(12)17)5-13-11(16)8-4-7(14)2-3-9(8)15/h2-4,6,14-15H,5H2,1H3,(H2,12,17)(H,13,16). The highest BCUT2D eigenvalue weighted by Crippen LogP contribution is 2.21. The van der Waals surface area contributed by atoms with Crippen LogP contribution in [0.15, 0.2) is 18.2 Å². The molecule has 0 fully saturated rings. The van der Waals surface area contributed by atoms with Gasteiger partial charge < -0.3 is 21.3 Å². The van der Waals surface area contributed by atoms with Gasteiger partial charge in [-0.1, -0.05) is 19.1 Å². The van der Waals surface area contributed by atoms with Gasteiger partial charge in [0.1, 0.15) is 11.5 Å². The monoisotopic (exact) mass is 254 g/mol. The number of rotatable bonds is 4. The summed E-state index contributed by atoms with van der Waals surface area (Å²) < 4.78 is 0. The summed E-state index contributed by atoms with van der Waals surface area (Å²) in [7, 11) is 0. The molecule has 5 nitrogen and oxygen atoms in total. The van der Waals surface area contributed by atoms with Crippen molar-refractivity contribution in [3.8, 4) is 11.5 Å². The van der Waals surface area contributed by atoms with Gasteiger partial charge in [0.15, 0.2) is 0 Å². The van der Waals surface area contributed by atoms with Crippen LogP contribution >= 0.6 is 12.2 Å². The maximum Gasteiger partial charge on any atom is 0.255 e. The van der Waals surface area contributed by atoms with E-state index >= 15 is 0 Å². The summed E-state index contributed by atoms with van der Waals surface area (Å²) in [5.74, 6) is -0.895. The minimum absolute atomic E-state index is 0.0140. The molecule has 6 heteroatoms. The lowest BCUT2D eigenvalue weighted by molar-refractivity contribution is 0.0948. The molecule has 0 aromatic heterocycles.